The first-order valence-electron chi connectivity index (χ1n) is 7.83. The van der Waals surface area contributed by atoms with Gasteiger partial charge in [-0.05, 0) is 43.6 Å². The van der Waals surface area contributed by atoms with E-state index in [1.165, 1.54) is 36.8 Å². The molecule has 0 amide bonds. The monoisotopic (exact) mass is 278 g/mol. The molecule has 0 saturated carbocycles. The number of unbranched alkanes of at least 4 members (excludes halogenated alkanes) is 2. The fraction of sp³-hybridized carbons (Fsp3) is 0.647. The summed E-state index contributed by atoms with van der Waals surface area (Å²) in [6, 6.07) is 6.27. The predicted molar refractivity (Wildman–Crippen MR) is 86.0 cm³/mol. The van der Waals surface area contributed by atoms with Crippen LogP contribution in [0.4, 0.5) is 0 Å². The zero-order valence-electron chi connectivity index (χ0n) is 13.3. The second kappa shape index (κ2) is 9.78. The fourth-order valence-electron chi connectivity index (χ4n) is 2.36. The van der Waals surface area contributed by atoms with Crippen LogP contribution in [0.1, 0.15) is 50.7 Å². The minimum absolute atomic E-state index is 0.584. The number of ether oxygens (including phenoxy) is 1. The maximum atomic E-state index is 5.75. The summed E-state index contributed by atoms with van der Waals surface area (Å²) in [6.45, 7) is 8.35. The van der Waals surface area contributed by atoms with E-state index in [-0.39, 0.29) is 0 Å². The summed E-state index contributed by atoms with van der Waals surface area (Å²) >= 11 is 0. The lowest BCUT2D eigenvalue weighted by Gasteiger charge is -2.23. The van der Waals surface area contributed by atoms with E-state index in [9.17, 15) is 0 Å². The third kappa shape index (κ3) is 5.51. The van der Waals surface area contributed by atoms with E-state index in [0.717, 1.165) is 25.4 Å². The number of nitrogens with two attached hydrogens (primary N) is 1. The van der Waals surface area contributed by atoms with Crippen molar-refractivity contribution in [3.63, 3.8) is 0 Å². The molecule has 0 saturated heterocycles. The Kier molecular flexibility index (Phi) is 8.31. The van der Waals surface area contributed by atoms with Crippen molar-refractivity contribution < 1.29 is 4.74 Å². The maximum Gasteiger partial charge on any atom is 0.123 e. The summed E-state index contributed by atoms with van der Waals surface area (Å²) in [6.07, 6.45) is 4.98. The number of hydrogen-bond donors (Lipinski definition) is 1. The molecule has 0 aliphatic rings. The van der Waals surface area contributed by atoms with Crippen molar-refractivity contribution in [3.05, 3.63) is 29.3 Å². The van der Waals surface area contributed by atoms with Gasteiger partial charge in [0.05, 0.1) is 7.11 Å². The van der Waals surface area contributed by atoms with Crippen molar-refractivity contribution >= 4 is 0 Å². The molecule has 0 atom stereocenters. The average molecular weight is 278 g/mol. The quantitative estimate of drug-likeness (QED) is 0.711. The van der Waals surface area contributed by atoms with Crippen molar-refractivity contribution in [3.8, 4) is 5.75 Å². The van der Waals surface area contributed by atoms with Crippen molar-refractivity contribution in [2.24, 2.45) is 5.73 Å². The number of methoxy groups -OCH3 is 1. The summed E-state index contributed by atoms with van der Waals surface area (Å²) in [5, 5.41) is 0. The highest BCUT2D eigenvalue weighted by molar-refractivity contribution is 5.37. The van der Waals surface area contributed by atoms with Crippen LogP contribution in [0.2, 0.25) is 0 Å². The van der Waals surface area contributed by atoms with E-state index in [2.05, 4.69) is 24.8 Å². The molecule has 0 spiro atoms. The number of nitrogens with zero attached hydrogens (tertiary/aromatic N) is 1. The van der Waals surface area contributed by atoms with Gasteiger partial charge in [-0.15, -0.1) is 0 Å². The van der Waals surface area contributed by atoms with Gasteiger partial charge in [0.15, 0.2) is 0 Å². The summed E-state index contributed by atoms with van der Waals surface area (Å²) in [4.78, 5) is 2.53. The van der Waals surface area contributed by atoms with Crippen molar-refractivity contribution in [1.29, 1.82) is 0 Å². The van der Waals surface area contributed by atoms with Crippen LogP contribution in [0.3, 0.4) is 0 Å². The molecule has 1 aromatic carbocycles. The third-order valence-electron chi connectivity index (χ3n) is 3.63. The van der Waals surface area contributed by atoms with Gasteiger partial charge >= 0.3 is 0 Å². The molecule has 0 fully saturated rings. The molecular formula is C17H30N2O. The summed E-state index contributed by atoms with van der Waals surface area (Å²) in [7, 11) is 1.74. The largest absolute Gasteiger partial charge is 0.496 e. The van der Waals surface area contributed by atoms with E-state index < -0.39 is 0 Å². The van der Waals surface area contributed by atoms with Crippen LogP contribution >= 0.6 is 0 Å². The van der Waals surface area contributed by atoms with Gasteiger partial charge in [0, 0.05) is 18.7 Å². The first-order valence-corrected chi connectivity index (χ1v) is 7.83. The van der Waals surface area contributed by atoms with Crippen molar-refractivity contribution in [1.82, 2.24) is 4.90 Å². The predicted octanol–water partition coefficient (Wildman–Crippen LogP) is 3.56. The van der Waals surface area contributed by atoms with Gasteiger partial charge in [0.1, 0.15) is 5.75 Å². The van der Waals surface area contributed by atoms with E-state index >= 15 is 0 Å². The molecule has 0 heterocycles. The van der Waals surface area contributed by atoms with Gasteiger partial charge in [0.2, 0.25) is 0 Å². The standard InChI is InChI=1S/C17H30N2O/c1-4-6-10-19(11-7-5-2)14-16-12-15(13-18)8-9-17(16)20-3/h8-9,12H,4-7,10-11,13-14,18H2,1-3H3. The third-order valence-corrected chi connectivity index (χ3v) is 3.63. The first-order chi connectivity index (χ1) is 9.74. The van der Waals surface area contributed by atoms with Crippen LogP contribution in [-0.4, -0.2) is 25.1 Å². The smallest absolute Gasteiger partial charge is 0.123 e. The van der Waals surface area contributed by atoms with Gasteiger partial charge in [-0.3, -0.25) is 4.90 Å². The van der Waals surface area contributed by atoms with Crippen LogP contribution in [0.15, 0.2) is 18.2 Å². The fourth-order valence-corrected chi connectivity index (χ4v) is 2.36. The zero-order chi connectivity index (χ0) is 14.8. The summed E-state index contributed by atoms with van der Waals surface area (Å²) < 4.78 is 5.49. The number of rotatable bonds is 10. The van der Waals surface area contributed by atoms with E-state index in [4.69, 9.17) is 10.5 Å². The first kappa shape index (κ1) is 17.0. The Bertz CT molecular complexity index is 371. The van der Waals surface area contributed by atoms with E-state index in [1.54, 1.807) is 7.11 Å². The van der Waals surface area contributed by atoms with Crippen LogP contribution in [0.5, 0.6) is 5.75 Å². The topological polar surface area (TPSA) is 38.5 Å². The Balaban J connectivity index is 2.78. The van der Waals surface area contributed by atoms with Crippen molar-refractivity contribution in [2.75, 3.05) is 20.2 Å². The molecule has 0 radical (unpaired) electrons. The highest BCUT2D eigenvalue weighted by Gasteiger charge is 2.10. The lowest BCUT2D eigenvalue weighted by Crippen LogP contribution is -2.26. The second-order valence-electron chi connectivity index (χ2n) is 5.33. The van der Waals surface area contributed by atoms with Gasteiger partial charge in [-0.25, -0.2) is 0 Å². The van der Waals surface area contributed by atoms with Crippen molar-refractivity contribution in [2.45, 2.75) is 52.6 Å². The Morgan fingerprint density at radius 1 is 1.10 bits per heavy atom. The maximum absolute atomic E-state index is 5.75. The lowest BCUT2D eigenvalue weighted by atomic mass is 10.1. The zero-order valence-corrected chi connectivity index (χ0v) is 13.3. The molecule has 2 N–H and O–H groups in total. The Morgan fingerprint density at radius 3 is 2.25 bits per heavy atom. The van der Waals surface area contributed by atoms with Gasteiger partial charge in [-0.1, -0.05) is 32.8 Å². The van der Waals surface area contributed by atoms with Crippen LogP contribution in [0.25, 0.3) is 0 Å². The second-order valence-corrected chi connectivity index (χ2v) is 5.33. The molecule has 1 rings (SSSR count). The highest BCUT2D eigenvalue weighted by atomic mass is 16.5. The van der Waals surface area contributed by atoms with Gasteiger partial charge < -0.3 is 10.5 Å². The molecule has 0 aromatic heterocycles. The lowest BCUT2D eigenvalue weighted by molar-refractivity contribution is 0.253. The molecule has 3 nitrogen and oxygen atoms in total. The Morgan fingerprint density at radius 2 is 1.75 bits per heavy atom. The molecule has 0 aliphatic heterocycles. The summed E-state index contributed by atoms with van der Waals surface area (Å²) in [5.74, 6) is 0.972. The molecule has 1 aromatic rings. The number of benzene rings is 1. The minimum atomic E-state index is 0.584. The molecule has 0 unspecified atom stereocenters. The molecule has 114 valence electrons. The Labute approximate surface area is 124 Å². The average Bonchev–Trinajstić information content (AvgIpc) is 2.49. The molecule has 20 heavy (non-hydrogen) atoms. The SMILES string of the molecule is CCCCN(CCCC)Cc1cc(CN)ccc1OC. The van der Waals surface area contributed by atoms with Crippen LogP contribution in [0, 0.1) is 0 Å². The normalized spacial score (nSPS) is 11.1. The van der Waals surface area contributed by atoms with E-state index in [1.807, 2.05) is 12.1 Å². The Hall–Kier alpha value is -1.06. The minimum Gasteiger partial charge on any atom is -0.496 e. The number of hydrogen-bond acceptors (Lipinski definition) is 3. The molecule has 0 aliphatic carbocycles. The van der Waals surface area contributed by atoms with Gasteiger partial charge in [-0.2, -0.15) is 0 Å². The van der Waals surface area contributed by atoms with Crippen LogP contribution in [-0.2, 0) is 13.1 Å². The van der Waals surface area contributed by atoms with Crippen LogP contribution < -0.4 is 10.5 Å². The molecule has 0 bridgehead atoms. The van der Waals surface area contributed by atoms with E-state index in [0.29, 0.717) is 6.54 Å². The molecule has 3 heteroatoms. The highest BCUT2D eigenvalue weighted by Crippen LogP contribution is 2.22. The summed E-state index contributed by atoms with van der Waals surface area (Å²) in [5.41, 5.74) is 8.17. The van der Waals surface area contributed by atoms with Gasteiger partial charge in [0.25, 0.3) is 0 Å². The molecular weight excluding hydrogens is 248 g/mol.